The molecule has 0 saturated heterocycles. The number of rotatable bonds is 8. The van der Waals surface area contributed by atoms with Gasteiger partial charge >= 0.3 is 0 Å². The SMILES string of the molecule is CCC=CC1CCC(CC/C=C/C2CCC(CCC)CC2)CC1. The van der Waals surface area contributed by atoms with Gasteiger partial charge in [-0.2, -0.15) is 0 Å². The molecule has 0 aromatic carbocycles. The third-order valence-electron chi connectivity index (χ3n) is 6.27. The van der Waals surface area contributed by atoms with Crippen LogP contribution in [0.3, 0.4) is 0 Å². The van der Waals surface area contributed by atoms with Crippen LogP contribution < -0.4 is 0 Å². The molecule has 2 aliphatic carbocycles. The van der Waals surface area contributed by atoms with Crippen molar-refractivity contribution in [3.63, 3.8) is 0 Å². The van der Waals surface area contributed by atoms with Gasteiger partial charge in [-0.25, -0.2) is 0 Å². The number of allylic oxidation sites excluding steroid dienone is 4. The molecule has 23 heavy (non-hydrogen) atoms. The fraction of sp³-hybridized carbons (Fsp3) is 0.826. The monoisotopic (exact) mass is 316 g/mol. The molecule has 0 aliphatic heterocycles. The lowest BCUT2D eigenvalue weighted by molar-refractivity contribution is 0.291. The molecule has 0 nitrogen and oxygen atoms in total. The van der Waals surface area contributed by atoms with E-state index in [0.29, 0.717) is 0 Å². The molecule has 0 aromatic rings. The largest absolute Gasteiger partial charge is 0.0885 e. The summed E-state index contributed by atoms with van der Waals surface area (Å²) in [6.45, 7) is 4.57. The van der Waals surface area contributed by atoms with Crippen LogP contribution in [0.15, 0.2) is 24.3 Å². The van der Waals surface area contributed by atoms with Crippen LogP contribution in [0.25, 0.3) is 0 Å². The van der Waals surface area contributed by atoms with Crippen molar-refractivity contribution in [3.8, 4) is 0 Å². The molecule has 2 saturated carbocycles. The van der Waals surface area contributed by atoms with E-state index in [-0.39, 0.29) is 0 Å². The van der Waals surface area contributed by atoms with Crippen molar-refractivity contribution in [3.05, 3.63) is 24.3 Å². The second-order valence-electron chi connectivity index (χ2n) is 8.19. The average molecular weight is 317 g/mol. The minimum absolute atomic E-state index is 0.889. The summed E-state index contributed by atoms with van der Waals surface area (Å²) in [6.07, 6.45) is 28.4. The predicted octanol–water partition coefficient (Wildman–Crippen LogP) is 7.70. The van der Waals surface area contributed by atoms with Crippen molar-refractivity contribution < 1.29 is 0 Å². The summed E-state index contributed by atoms with van der Waals surface area (Å²) in [5.41, 5.74) is 0. The van der Waals surface area contributed by atoms with Gasteiger partial charge < -0.3 is 0 Å². The summed E-state index contributed by atoms with van der Waals surface area (Å²) in [4.78, 5) is 0. The second-order valence-corrected chi connectivity index (χ2v) is 8.19. The quantitative estimate of drug-likeness (QED) is 0.402. The molecule has 0 heteroatoms. The van der Waals surface area contributed by atoms with Crippen molar-refractivity contribution in [2.45, 2.75) is 97.3 Å². The Labute approximate surface area is 145 Å². The molecule has 2 fully saturated rings. The zero-order valence-electron chi connectivity index (χ0n) is 15.8. The van der Waals surface area contributed by atoms with E-state index >= 15 is 0 Å². The lowest BCUT2D eigenvalue weighted by Crippen LogP contribution is -2.13. The van der Waals surface area contributed by atoms with E-state index in [2.05, 4.69) is 38.2 Å². The first-order valence-corrected chi connectivity index (χ1v) is 10.6. The van der Waals surface area contributed by atoms with E-state index in [1.807, 2.05) is 0 Å². The molecule has 0 radical (unpaired) electrons. The summed E-state index contributed by atoms with van der Waals surface area (Å²) in [5.74, 6) is 3.84. The topological polar surface area (TPSA) is 0 Å². The van der Waals surface area contributed by atoms with Gasteiger partial charge in [0.25, 0.3) is 0 Å². The van der Waals surface area contributed by atoms with Crippen molar-refractivity contribution in [2.75, 3.05) is 0 Å². The maximum absolute atomic E-state index is 2.57. The lowest BCUT2D eigenvalue weighted by Gasteiger charge is -2.27. The van der Waals surface area contributed by atoms with Gasteiger partial charge in [-0.3, -0.25) is 0 Å². The van der Waals surface area contributed by atoms with Gasteiger partial charge in [-0.05, 0) is 94.3 Å². The fourth-order valence-electron chi connectivity index (χ4n) is 4.70. The summed E-state index contributed by atoms with van der Waals surface area (Å²) in [6, 6.07) is 0. The Morgan fingerprint density at radius 3 is 1.70 bits per heavy atom. The smallest absolute Gasteiger partial charge is 0.0233 e. The lowest BCUT2D eigenvalue weighted by atomic mass is 9.79. The van der Waals surface area contributed by atoms with Gasteiger partial charge in [0, 0.05) is 0 Å². The highest BCUT2D eigenvalue weighted by molar-refractivity contribution is 4.93. The van der Waals surface area contributed by atoms with E-state index in [1.165, 1.54) is 83.5 Å². The molecule has 0 N–H and O–H groups in total. The minimum atomic E-state index is 0.889. The number of hydrogen-bond acceptors (Lipinski definition) is 0. The van der Waals surface area contributed by atoms with Crippen LogP contribution >= 0.6 is 0 Å². The molecule has 0 amide bonds. The van der Waals surface area contributed by atoms with Crippen LogP contribution in [-0.2, 0) is 0 Å². The van der Waals surface area contributed by atoms with Crippen molar-refractivity contribution in [1.29, 1.82) is 0 Å². The zero-order valence-corrected chi connectivity index (χ0v) is 15.8. The van der Waals surface area contributed by atoms with E-state index in [1.54, 1.807) is 0 Å². The first-order valence-electron chi connectivity index (χ1n) is 10.6. The Morgan fingerprint density at radius 1 is 0.652 bits per heavy atom. The third-order valence-corrected chi connectivity index (χ3v) is 6.27. The number of hydrogen-bond donors (Lipinski definition) is 0. The van der Waals surface area contributed by atoms with Crippen LogP contribution in [0.4, 0.5) is 0 Å². The second kappa shape index (κ2) is 11.1. The molecule has 0 aromatic heterocycles. The molecular formula is C23H40. The molecule has 2 rings (SSSR count). The van der Waals surface area contributed by atoms with Crippen molar-refractivity contribution in [1.82, 2.24) is 0 Å². The summed E-state index contributed by atoms with van der Waals surface area (Å²) in [5, 5.41) is 0. The summed E-state index contributed by atoms with van der Waals surface area (Å²) in [7, 11) is 0. The standard InChI is InChI=1S/C23H40/c1-3-5-9-21-16-18-23(19-17-21)11-7-6-10-22-14-12-20(8-4-2)13-15-22/h5-6,9-10,20-23H,3-4,7-8,11-19H2,1-2H3/b9-5?,10-6+. The molecule has 0 bridgehead atoms. The van der Waals surface area contributed by atoms with Crippen LogP contribution in [-0.4, -0.2) is 0 Å². The van der Waals surface area contributed by atoms with Crippen molar-refractivity contribution >= 4 is 0 Å². The maximum atomic E-state index is 2.57. The summed E-state index contributed by atoms with van der Waals surface area (Å²) < 4.78 is 0. The Kier molecular flexibility index (Phi) is 9.09. The Bertz CT molecular complexity index is 335. The fourth-order valence-corrected chi connectivity index (χ4v) is 4.70. The Hall–Kier alpha value is -0.520. The highest BCUT2D eigenvalue weighted by Crippen LogP contribution is 2.34. The maximum Gasteiger partial charge on any atom is -0.0233 e. The molecule has 0 spiro atoms. The van der Waals surface area contributed by atoms with Gasteiger partial charge in [0.05, 0.1) is 0 Å². The molecule has 0 atom stereocenters. The molecular weight excluding hydrogens is 276 g/mol. The van der Waals surface area contributed by atoms with Gasteiger partial charge in [0.15, 0.2) is 0 Å². The van der Waals surface area contributed by atoms with Gasteiger partial charge in [-0.15, -0.1) is 0 Å². The third kappa shape index (κ3) is 7.27. The normalized spacial score (nSPS) is 32.8. The van der Waals surface area contributed by atoms with E-state index in [0.717, 1.165) is 23.7 Å². The zero-order chi connectivity index (χ0) is 16.3. The van der Waals surface area contributed by atoms with Gasteiger partial charge in [0.1, 0.15) is 0 Å². The molecule has 0 heterocycles. The van der Waals surface area contributed by atoms with Crippen LogP contribution in [0.5, 0.6) is 0 Å². The van der Waals surface area contributed by atoms with Crippen molar-refractivity contribution in [2.24, 2.45) is 23.7 Å². The average Bonchev–Trinajstić information content (AvgIpc) is 2.59. The molecule has 2 aliphatic rings. The predicted molar refractivity (Wildman–Crippen MR) is 104 cm³/mol. The minimum Gasteiger partial charge on any atom is -0.0885 e. The Balaban J connectivity index is 1.55. The first-order chi connectivity index (χ1) is 11.3. The molecule has 0 unspecified atom stereocenters. The first kappa shape index (κ1) is 18.8. The van der Waals surface area contributed by atoms with Gasteiger partial charge in [0.2, 0.25) is 0 Å². The van der Waals surface area contributed by atoms with E-state index in [4.69, 9.17) is 0 Å². The highest BCUT2D eigenvalue weighted by atomic mass is 14.3. The van der Waals surface area contributed by atoms with E-state index in [9.17, 15) is 0 Å². The van der Waals surface area contributed by atoms with Crippen LogP contribution in [0, 0.1) is 23.7 Å². The van der Waals surface area contributed by atoms with Crippen LogP contribution in [0.1, 0.15) is 97.3 Å². The molecule has 132 valence electrons. The van der Waals surface area contributed by atoms with E-state index < -0.39 is 0 Å². The highest BCUT2D eigenvalue weighted by Gasteiger charge is 2.20. The van der Waals surface area contributed by atoms with Gasteiger partial charge in [-0.1, -0.05) is 51.0 Å². The summed E-state index contributed by atoms with van der Waals surface area (Å²) >= 11 is 0. The van der Waals surface area contributed by atoms with Crippen LogP contribution in [0.2, 0.25) is 0 Å². The Morgan fingerprint density at radius 2 is 1.17 bits per heavy atom.